The Morgan fingerprint density at radius 2 is 1.50 bits per heavy atom. The summed E-state index contributed by atoms with van der Waals surface area (Å²) in [6, 6.07) is 24.7. The Morgan fingerprint density at radius 1 is 0.854 bits per heavy atom. The summed E-state index contributed by atoms with van der Waals surface area (Å²) in [6.45, 7) is 5.00. The molecule has 0 aliphatic heterocycles. The molecule has 0 heterocycles. The van der Waals surface area contributed by atoms with Crippen LogP contribution in [0.25, 0.3) is 0 Å². The zero-order valence-electron chi connectivity index (χ0n) is 27.9. The lowest BCUT2D eigenvalue weighted by atomic mass is 10.0. The van der Waals surface area contributed by atoms with Crippen LogP contribution in [0.15, 0.2) is 102 Å². The molecule has 2 amide bonds. The van der Waals surface area contributed by atoms with Crippen molar-refractivity contribution in [2.24, 2.45) is 0 Å². The number of benzene rings is 4. The highest BCUT2D eigenvalue weighted by molar-refractivity contribution is 7.92. The molecule has 11 heteroatoms. The van der Waals surface area contributed by atoms with E-state index in [4.69, 9.17) is 9.47 Å². The van der Waals surface area contributed by atoms with Gasteiger partial charge < -0.3 is 19.7 Å². The van der Waals surface area contributed by atoms with E-state index in [1.165, 1.54) is 49.5 Å². The van der Waals surface area contributed by atoms with Gasteiger partial charge in [0.05, 0.1) is 24.8 Å². The van der Waals surface area contributed by atoms with E-state index in [0.717, 1.165) is 15.4 Å². The molecule has 0 bridgehead atoms. The summed E-state index contributed by atoms with van der Waals surface area (Å²) in [7, 11) is -1.51. The number of nitrogens with one attached hydrogen (secondary N) is 1. The van der Waals surface area contributed by atoms with E-state index in [1.54, 1.807) is 36.4 Å². The van der Waals surface area contributed by atoms with Crippen molar-refractivity contribution in [2.45, 2.75) is 57.1 Å². The molecule has 0 unspecified atom stereocenters. The standard InChI is InChI=1S/C37H42FN3O6S/c1-6-27(3)39-37(43)33(22-28-10-8-7-9-11-28)40(24-29-14-16-30(38)17-15-29)36(42)25-41(31-18-12-26(2)13-19-31)48(44,45)32-20-21-34(46-4)35(23-32)47-5/h7-21,23,27,33H,6,22,24-25H2,1-5H3,(H,39,43)/t27-,33+/m1/s1. The lowest BCUT2D eigenvalue weighted by molar-refractivity contribution is -0.140. The Kier molecular flexibility index (Phi) is 12.2. The van der Waals surface area contributed by atoms with Crippen LogP contribution in [-0.2, 0) is 32.6 Å². The molecule has 9 nitrogen and oxygen atoms in total. The van der Waals surface area contributed by atoms with Gasteiger partial charge in [-0.2, -0.15) is 0 Å². The summed E-state index contributed by atoms with van der Waals surface area (Å²) in [5.74, 6) is -0.900. The van der Waals surface area contributed by atoms with E-state index in [2.05, 4.69) is 5.32 Å². The number of nitrogens with zero attached hydrogens (tertiary/aromatic N) is 2. The van der Waals surface area contributed by atoms with Crippen LogP contribution in [0, 0.1) is 12.7 Å². The third kappa shape index (κ3) is 8.92. The van der Waals surface area contributed by atoms with Crippen molar-refractivity contribution >= 4 is 27.5 Å². The summed E-state index contributed by atoms with van der Waals surface area (Å²) in [5.41, 5.74) is 2.54. The van der Waals surface area contributed by atoms with Crippen molar-refractivity contribution < 1.29 is 31.9 Å². The molecule has 0 saturated heterocycles. The van der Waals surface area contributed by atoms with Gasteiger partial charge in [0.25, 0.3) is 10.0 Å². The summed E-state index contributed by atoms with van der Waals surface area (Å²) < 4.78 is 54.3. The molecule has 0 aliphatic rings. The molecule has 4 aromatic rings. The van der Waals surface area contributed by atoms with Gasteiger partial charge in [0.15, 0.2) is 11.5 Å². The highest BCUT2D eigenvalue weighted by Gasteiger charge is 2.35. The molecule has 254 valence electrons. The summed E-state index contributed by atoms with van der Waals surface area (Å²) >= 11 is 0. The van der Waals surface area contributed by atoms with Crippen LogP contribution in [0.1, 0.15) is 37.0 Å². The second-order valence-corrected chi connectivity index (χ2v) is 13.4. The van der Waals surface area contributed by atoms with Gasteiger partial charge in [0, 0.05) is 25.1 Å². The van der Waals surface area contributed by atoms with Gasteiger partial charge in [-0.25, -0.2) is 12.8 Å². The number of halogens is 1. The average molecular weight is 676 g/mol. The molecule has 4 aromatic carbocycles. The van der Waals surface area contributed by atoms with Gasteiger partial charge >= 0.3 is 0 Å². The van der Waals surface area contributed by atoms with Crippen LogP contribution >= 0.6 is 0 Å². The van der Waals surface area contributed by atoms with E-state index in [-0.39, 0.29) is 41.2 Å². The van der Waals surface area contributed by atoms with E-state index < -0.39 is 34.3 Å². The number of amides is 2. The topological polar surface area (TPSA) is 105 Å². The summed E-state index contributed by atoms with van der Waals surface area (Å²) in [4.78, 5) is 29.8. The second kappa shape index (κ2) is 16.3. The maximum absolute atomic E-state index is 14.6. The highest BCUT2D eigenvalue weighted by Crippen LogP contribution is 2.32. The van der Waals surface area contributed by atoms with Gasteiger partial charge in [-0.05, 0) is 67.8 Å². The predicted molar refractivity (Wildman–Crippen MR) is 184 cm³/mol. The normalized spacial score (nSPS) is 12.5. The molecular weight excluding hydrogens is 633 g/mol. The van der Waals surface area contributed by atoms with Gasteiger partial charge in [-0.15, -0.1) is 0 Å². The number of hydrogen-bond acceptors (Lipinski definition) is 6. The molecule has 0 saturated carbocycles. The number of carbonyl (C=O) groups is 2. The fourth-order valence-electron chi connectivity index (χ4n) is 5.13. The number of rotatable bonds is 15. The van der Waals surface area contributed by atoms with Crippen molar-refractivity contribution in [1.29, 1.82) is 0 Å². The number of aryl methyl sites for hydroxylation is 1. The first-order valence-corrected chi connectivity index (χ1v) is 17.1. The number of ether oxygens (including phenoxy) is 2. The molecule has 48 heavy (non-hydrogen) atoms. The third-order valence-electron chi connectivity index (χ3n) is 8.08. The Morgan fingerprint density at radius 3 is 2.10 bits per heavy atom. The maximum atomic E-state index is 14.6. The lowest BCUT2D eigenvalue weighted by Gasteiger charge is -2.34. The van der Waals surface area contributed by atoms with Crippen LogP contribution in [0.2, 0.25) is 0 Å². The second-order valence-electron chi connectivity index (χ2n) is 11.5. The van der Waals surface area contributed by atoms with Crippen molar-refractivity contribution in [3.63, 3.8) is 0 Å². The Balaban J connectivity index is 1.82. The minimum atomic E-state index is -4.36. The van der Waals surface area contributed by atoms with Crippen LogP contribution in [0.4, 0.5) is 10.1 Å². The molecule has 0 spiro atoms. The van der Waals surface area contributed by atoms with Crippen LogP contribution in [-0.4, -0.2) is 58.0 Å². The predicted octanol–water partition coefficient (Wildman–Crippen LogP) is 5.90. The number of carbonyl (C=O) groups excluding carboxylic acids is 2. The van der Waals surface area contributed by atoms with Gasteiger partial charge in [-0.1, -0.05) is 67.1 Å². The minimum absolute atomic E-state index is 0.0668. The van der Waals surface area contributed by atoms with Gasteiger partial charge in [0.1, 0.15) is 18.4 Å². The van der Waals surface area contributed by atoms with E-state index in [0.29, 0.717) is 17.7 Å². The van der Waals surface area contributed by atoms with Crippen molar-refractivity contribution in [2.75, 3.05) is 25.1 Å². The zero-order valence-corrected chi connectivity index (χ0v) is 28.7. The zero-order chi connectivity index (χ0) is 34.8. The molecular formula is C37H42FN3O6S. The molecule has 2 atom stereocenters. The minimum Gasteiger partial charge on any atom is -0.493 e. The summed E-state index contributed by atoms with van der Waals surface area (Å²) in [6.07, 6.45) is 0.837. The third-order valence-corrected chi connectivity index (χ3v) is 9.85. The fraction of sp³-hybridized carbons (Fsp3) is 0.297. The Labute approximate surface area is 282 Å². The van der Waals surface area contributed by atoms with E-state index in [1.807, 2.05) is 51.1 Å². The maximum Gasteiger partial charge on any atom is 0.264 e. The van der Waals surface area contributed by atoms with Crippen LogP contribution in [0.3, 0.4) is 0 Å². The fourth-order valence-corrected chi connectivity index (χ4v) is 6.56. The number of methoxy groups -OCH3 is 2. The average Bonchev–Trinajstić information content (AvgIpc) is 3.09. The highest BCUT2D eigenvalue weighted by atomic mass is 32.2. The van der Waals surface area contributed by atoms with Gasteiger partial charge in [0.2, 0.25) is 11.8 Å². The van der Waals surface area contributed by atoms with E-state index >= 15 is 0 Å². The van der Waals surface area contributed by atoms with E-state index in [9.17, 15) is 22.4 Å². The Hall–Kier alpha value is -4.90. The number of anilines is 1. The van der Waals surface area contributed by atoms with Gasteiger partial charge in [-0.3, -0.25) is 13.9 Å². The monoisotopic (exact) mass is 675 g/mol. The molecule has 0 aromatic heterocycles. The lowest BCUT2D eigenvalue weighted by Crippen LogP contribution is -2.54. The molecule has 0 aliphatic carbocycles. The molecule has 4 rings (SSSR count). The summed E-state index contributed by atoms with van der Waals surface area (Å²) in [5, 5.41) is 3.00. The smallest absolute Gasteiger partial charge is 0.264 e. The van der Waals surface area contributed by atoms with Crippen LogP contribution in [0.5, 0.6) is 11.5 Å². The SMILES string of the molecule is CC[C@@H](C)NC(=O)[C@H](Cc1ccccc1)N(Cc1ccc(F)cc1)C(=O)CN(c1ccc(C)cc1)S(=O)(=O)c1ccc(OC)c(OC)c1. The molecule has 1 N–H and O–H groups in total. The molecule has 0 radical (unpaired) electrons. The number of hydrogen-bond donors (Lipinski definition) is 1. The van der Waals surface area contributed by atoms with Crippen molar-refractivity contribution in [3.05, 3.63) is 120 Å². The quantitative estimate of drug-likeness (QED) is 0.168. The Bertz CT molecular complexity index is 1780. The van der Waals surface area contributed by atoms with Crippen molar-refractivity contribution in [1.82, 2.24) is 10.2 Å². The number of sulfonamides is 1. The van der Waals surface area contributed by atoms with Crippen LogP contribution < -0.4 is 19.1 Å². The first kappa shape index (κ1) is 35.9. The largest absolute Gasteiger partial charge is 0.493 e. The first-order chi connectivity index (χ1) is 23.0. The molecule has 0 fully saturated rings. The first-order valence-electron chi connectivity index (χ1n) is 15.7. The van der Waals surface area contributed by atoms with Crippen molar-refractivity contribution in [3.8, 4) is 11.5 Å².